The van der Waals surface area contributed by atoms with Crippen molar-refractivity contribution in [2.24, 2.45) is 39.4 Å². The van der Waals surface area contributed by atoms with Gasteiger partial charge in [0.15, 0.2) is 0 Å². The monoisotopic (exact) mass is 490 g/mol. The van der Waals surface area contributed by atoms with E-state index in [0.29, 0.717) is 19.3 Å². The van der Waals surface area contributed by atoms with Gasteiger partial charge < -0.3 is 14.2 Å². The molecular weight excluding hydrogens is 448 g/mol. The Kier molecular flexibility index (Phi) is 6.21. The Bertz CT molecular complexity index is 940. The summed E-state index contributed by atoms with van der Waals surface area (Å²) >= 11 is 0. The standard InChI is InChI=1S/C28H42O7/c1-15(29)33-18-13-20-25(4,5)22(35-17(3)31)10-11-26(20,6)23-19(34-16(2)30)14-28(8)21(32)9-12-27(28,7)24(18)23/h18-20,22-24H,9-14H2,1-8H3/t18-,19+,20-,22-,23-,24+,26-,27-,28+/m0/s1. The minimum absolute atomic E-state index is 0.0711. The SMILES string of the molecule is CC(=O)O[C@H]1C[C@H]2C(C)(C)[C@@H](OC(C)=O)CC[C@]2(C)[C@@H]2[C@@H]1[C@]1(C)CCC(=O)[C@@]1(C)C[C@H]2OC(C)=O. The second-order valence-electron chi connectivity index (χ2n) is 13.0. The van der Waals surface area contributed by atoms with E-state index in [1.165, 1.54) is 20.8 Å². The van der Waals surface area contributed by atoms with Gasteiger partial charge in [0.05, 0.1) is 0 Å². The molecule has 0 heterocycles. The summed E-state index contributed by atoms with van der Waals surface area (Å²) in [5, 5.41) is 0. The van der Waals surface area contributed by atoms with Crippen molar-refractivity contribution >= 4 is 23.7 Å². The van der Waals surface area contributed by atoms with E-state index < -0.39 is 17.6 Å². The van der Waals surface area contributed by atoms with Crippen molar-refractivity contribution in [1.29, 1.82) is 0 Å². The maximum Gasteiger partial charge on any atom is 0.302 e. The number of rotatable bonds is 3. The minimum Gasteiger partial charge on any atom is -0.462 e. The van der Waals surface area contributed by atoms with Gasteiger partial charge in [0.25, 0.3) is 0 Å². The van der Waals surface area contributed by atoms with Gasteiger partial charge in [-0.3, -0.25) is 19.2 Å². The van der Waals surface area contributed by atoms with Gasteiger partial charge in [-0.25, -0.2) is 0 Å². The molecule has 7 nitrogen and oxygen atoms in total. The third kappa shape index (κ3) is 3.74. The van der Waals surface area contributed by atoms with Gasteiger partial charge in [-0.15, -0.1) is 0 Å². The number of fused-ring (bicyclic) bond motifs is 5. The third-order valence-corrected chi connectivity index (χ3v) is 10.9. The average molecular weight is 491 g/mol. The fraction of sp³-hybridized carbons (Fsp3) is 0.857. The van der Waals surface area contributed by atoms with Crippen molar-refractivity contribution in [3.63, 3.8) is 0 Å². The van der Waals surface area contributed by atoms with Crippen molar-refractivity contribution in [2.45, 2.75) is 112 Å². The Morgan fingerprint density at radius 1 is 0.800 bits per heavy atom. The quantitative estimate of drug-likeness (QED) is 0.420. The number of ether oxygens (including phenoxy) is 3. The summed E-state index contributed by atoms with van der Waals surface area (Å²) in [6, 6.07) is 0. The van der Waals surface area contributed by atoms with E-state index in [1.807, 2.05) is 6.92 Å². The molecule has 0 saturated heterocycles. The van der Waals surface area contributed by atoms with E-state index in [0.717, 1.165) is 19.3 Å². The molecule has 7 heteroatoms. The minimum atomic E-state index is -0.639. The molecular formula is C28H42O7. The highest BCUT2D eigenvalue weighted by atomic mass is 16.6. The first-order chi connectivity index (χ1) is 16.1. The molecule has 9 atom stereocenters. The second-order valence-corrected chi connectivity index (χ2v) is 13.0. The van der Waals surface area contributed by atoms with E-state index in [-0.39, 0.29) is 63.8 Å². The molecule has 0 amide bonds. The number of hydrogen-bond donors (Lipinski definition) is 0. The molecule has 4 fully saturated rings. The molecule has 0 N–H and O–H groups in total. The molecule has 196 valence electrons. The van der Waals surface area contributed by atoms with Gasteiger partial charge in [-0.1, -0.05) is 34.6 Å². The van der Waals surface area contributed by atoms with Gasteiger partial charge in [0, 0.05) is 49.9 Å². The predicted molar refractivity (Wildman–Crippen MR) is 128 cm³/mol. The second kappa shape index (κ2) is 8.31. The molecule has 0 aromatic heterocycles. The molecule has 35 heavy (non-hydrogen) atoms. The summed E-state index contributed by atoms with van der Waals surface area (Å²) in [5.74, 6) is -0.884. The van der Waals surface area contributed by atoms with Gasteiger partial charge in [-0.2, -0.15) is 0 Å². The maximum absolute atomic E-state index is 13.3. The number of Topliss-reactive ketones (excluding diaryl/α,β-unsaturated/α-hetero) is 1. The first-order valence-corrected chi connectivity index (χ1v) is 13.1. The van der Waals surface area contributed by atoms with Crippen LogP contribution in [0.1, 0.15) is 93.9 Å². The summed E-state index contributed by atoms with van der Waals surface area (Å²) in [4.78, 5) is 49.9. The summed E-state index contributed by atoms with van der Waals surface area (Å²) in [6.45, 7) is 15.1. The summed E-state index contributed by atoms with van der Waals surface area (Å²) < 4.78 is 17.9. The van der Waals surface area contributed by atoms with Gasteiger partial charge in [-0.05, 0) is 48.9 Å². The summed E-state index contributed by atoms with van der Waals surface area (Å²) in [7, 11) is 0. The van der Waals surface area contributed by atoms with Crippen molar-refractivity contribution in [1.82, 2.24) is 0 Å². The number of carbonyl (C=O) groups excluding carboxylic acids is 4. The molecule has 4 rings (SSSR count). The smallest absolute Gasteiger partial charge is 0.302 e. The zero-order valence-electron chi connectivity index (χ0n) is 22.6. The van der Waals surface area contributed by atoms with Crippen LogP contribution in [0.4, 0.5) is 0 Å². The van der Waals surface area contributed by atoms with E-state index in [4.69, 9.17) is 14.2 Å². The Morgan fingerprint density at radius 3 is 1.94 bits per heavy atom. The number of hydrogen-bond acceptors (Lipinski definition) is 7. The van der Waals surface area contributed by atoms with E-state index in [2.05, 4.69) is 27.7 Å². The van der Waals surface area contributed by atoms with Crippen LogP contribution in [0.15, 0.2) is 0 Å². The zero-order valence-corrected chi connectivity index (χ0v) is 22.6. The summed E-state index contributed by atoms with van der Waals surface area (Å²) in [5.41, 5.74) is -1.61. The van der Waals surface area contributed by atoms with Crippen LogP contribution in [0, 0.1) is 39.4 Å². The molecule has 0 aromatic carbocycles. The fourth-order valence-corrected chi connectivity index (χ4v) is 9.25. The highest BCUT2D eigenvalue weighted by molar-refractivity contribution is 5.88. The van der Waals surface area contributed by atoms with Crippen LogP contribution in [0.3, 0.4) is 0 Å². The largest absolute Gasteiger partial charge is 0.462 e. The Morgan fingerprint density at radius 2 is 1.37 bits per heavy atom. The maximum atomic E-state index is 13.3. The first-order valence-electron chi connectivity index (χ1n) is 13.1. The molecule has 4 saturated carbocycles. The number of ketones is 1. The molecule has 0 unspecified atom stereocenters. The summed E-state index contributed by atoms with van der Waals surface area (Å²) in [6.07, 6.45) is 2.82. The van der Waals surface area contributed by atoms with Crippen LogP contribution in [-0.2, 0) is 33.4 Å². The highest BCUT2D eigenvalue weighted by Crippen LogP contribution is 2.73. The van der Waals surface area contributed by atoms with Crippen LogP contribution in [-0.4, -0.2) is 42.0 Å². The Labute approximate surface area is 209 Å². The lowest BCUT2D eigenvalue weighted by Gasteiger charge is -2.68. The average Bonchev–Trinajstić information content (AvgIpc) is 2.94. The Balaban J connectivity index is 1.88. The first kappa shape index (κ1) is 26.2. The lowest BCUT2D eigenvalue weighted by atomic mass is 9.37. The topological polar surface area (TPSA) is 96.0 Å². The van der Waals surface area contributed by atoms with Crippen molar-refractivity contribution in [3.05, 3.63) is 0 Å². The number of esters is 3. The zero-order chi connectivity index (χ0) is 26.1. The Hall–Kier alpha value is -1.92. The van der Waals surface area contributed by atoms with Gasteiger partial charge >= 0.3 is 17.9 Å². The van der Waals surface area contributed by atoms with Crippen molar-refractivity contribution in [3.8, 4) is 0 Å². The van der Waals surface area contributed by atoms with Crippen LogP contribution >= 0.6 is 0 Å². The lowest BCUT2D eigenvalue weighted by molar-refractivity contribution is -0.264. The van der Waals surface area contributed by atoms with Gasteiger partial charge in [0.2, 0.25) is 0 Å². The molecule has 4 aliphatic rings. The molecule has 0 aliphatic heterocycles. The van der Waals surface area contributed by atoms with Crippen LogP contribution in [0.2, 0.25) is 0 Å². The molecule has 0 aromatic rings. The van der Waals surface area contributed by atoms with Crippen LogP contribution < -0.4 is 0 Å². The van der Waals surface area contributed by atoms with E-state index in [9.17, 15) is 19.2 Å². The van der Waals surface area contributed by atoms with Crippen LogP contribution in [0.5, 0.6) is 0 Å². The normalized spacial score (nSPS) is 46.0. The number of carbonyl (C=O) groups is 4. The van der Waals surface area contributed by atoms with Crippen molar-refractivity contribution in [2.75, 3.05) is 0 Å². The third-order valence-electron chi connectivity index (χ3n) is 10.9. The molecule has 0 bridgehead atoms. The van der Waals surface area contributed by atoms with Gasteiger partial charge in [0.1, 0.15) is 24.1 Å². The van der Waals surface area contributed by atoms with Crippen molar-refractivity contribution < 1.29 is 33.4 Å². The molecule has 0 spiro atoms. The highest BCUT2D eigenvalue weighted by Gasteiger charge is 2.73. The molecule has 4 aliphatic carbocycles. The fourth-order valence-electron chi connectivity index (χ4n) is 9.25. The van der Waals surface area contributed by atoms with Crippen LogP contribution in [0.25, 0.3) is 0 Å². The molecule has 0 radical (unpaired) electrons. The lowest BCUT2D eigenvalue weighted by Crippen LogP contribution is -2.69. The predicted octanol–water partition coefficient (Wildman–Crippen LogP) is 4.64. The van der Waals surface area contributed by atoms with E-state index in [1.54, 1.807) is 0 Å². The van der Waals surface area contributed by atoms with E-state index >= 15 is 0 Å².